The van der Waals surface area contributed by atoms with Gasteiger partial charge in [-0.15, -0.1) is 0 Å². The van der Waals surface area contributed by atoms with E-state index in [9.17, 15) is 4.79 Å². The van der Waals surface area contributed by atoms with E-state index in [0.717, 1.165) is 11.7 Å². The molecule has 9 heteroatoms. The standard InChI is InChI=1S/C12H7Cl2N5OS/c13-6-4-7(14)9-10(19-21-18-9)8(6)17-12(20)5-2-1-3-16-11(5)15/h1-4H,(H2,15,16)(H,17,20). The molecule has 2 heterocycles. The third kappa shape index (κ3) is 2.51. The minimum absolute atomic E-state index is 0.132. The van der Waals surface area contributed by atoms with E-state index in [2.05, 4.69) is 19.0 Å². The van der Waals surface area contributed by atoms with E-state index in [0.29, 0.717) is 21.7 Å². The van der Waals surface area contributed by atoms with Gasteiger partial charge in [0.2, 0.25) is 0 Å². The predicted octanol–water partition coefficient (Wildman–Crippen LogP) is 3.23. The van der Waals surface area contributed by atoms with E-state index in [1.807, 2.05) is 0 Å². The summed E-state index contributed by atoms with van der Waals surface area (Å²) in [7, 11) is 0. The van der Waals surface area contributed by atoms with E-state index >= 15 is 0 Å². The lowest BCUT2D eigenvalue weighted by atomic mass is 10.2. The second-order valence-electron chi connectivity index (χ2n) is 4.07. The molecule has 0 aliphatic carbocycles. The van der Waals surface area contributed by atoms with Crippen LogP contribution in [0.1, 0.15) is 10.4 Å². The third-order valence-corrected chi connectivity index (χ3v) is 3.88. The minimum Gasteiger partial charge on any atom is -0.383 e. The van der Waals surface area contributed by atoms with Crippen molar-refractivity contribution in [3.63, 3.8) is 0 Å². The smallest absolute Gasteiger partial charge is 0.259 e. The van der Waals surface area contributed by atoms with E-state index in [1.165, 1.54) is 12.3 Å². The molecule has 0 fully saturated rings. The number of amides is 1. The van der Waals surface area contributed by atoms with Gasteiger partial charge in [0.05, 0.1) is 33.0 Å². The van der Waals surface area contributed by atoms with Crippen molar-refractivity contribution in [2.45, 2.75) is 0 Å². The van der Waals surface area contributed by atoms with E-state index in [1.54, 1.807) is 12.1 Å². The molecular weight excluding hydrogens is 333 g/mol. The van der Waals surface area contributed by atoms with Gasteiger partial charge in [0, 0.05) is 6.20 Å². The van der Waals surface area contributed by atoms with Gasteiger partial charge >= 0.3 is 0 Å². The Morgan fingerprint density at radius 3 is 2.76 bits per heavy atom. The van der Waals surface area contributed by atoms with Crippen LogP contribution in [0.2, 0.25) is 10.0 Å². The maximum atomic E-state index is 12.3. The molecule has 0 atom stereocenters. The van der Waals surface area contributed by atoms with Crippen molar-refractivity contribution < 1.29 is 4.79 Å². The molecule has 1 aromatic carbocycles. The van der Waals surface area contributed by atoms with Crippen LogP contribution in [0, 0.1) is 0 Å². The molecule has 3 aromatic rings. The summed E-state index contributed by atoms with van der Waals surface area (Å²) in [5.74, 6) is -0.299. The summed E-state index contributed by atoms with van der Waals surface area (Å²) in [6, 6.07) is 4.70. The lowest BCUT2D eigenvalue weighted by Crippen LogP contribution is -2.15. The fourth-order valence-corrected chi connectivity index (χ4v) is 2.94. The number of hydrogen-bond acceptors (Lipinski definition) is 6. The number of carbonyl (C=O) groups excluding carboxylic acids is 1. The van der Waals surface area contributed by atoms with Crippen LogP contribution in [0.3, 0.4) is 0 Å². The number of pyridine rings is 1. The zero-order valence-electron chi connectivity index (χ0n) is 10.3. The average molecular weight is 340 g/mol. The number of halogens is 2. The summed E-state index contributed by atoms with van der Waals surface area (Å²) < 4.78 is 8.18. The second kappa shape index (κ2) is 5.44. The van der Waals surface area contributed by atoms with E-state index < -0.39 is 5.91 Å². The maximum absolute atomic E-state index is 12.3. The number of nitrogens with two attached hydrogens (primary N) is 1. The zero-order chi connectivity index (χ0) is 15.0. The number of nitrogens with zero attached hydrogens (tertiary/aromatic N) is 3. The number of benzene rings is 1. The van der Waals surface area contributed by atoms with Crippen LogP contribution in [0.15, 0.2) is 24.4 Å². The molecule has 3 N–H and O–H groups in total. The Hall–Kier alpha value is -1.96. The highest BCUT2D eigenvalue weighted by Crippen LogP contribution is 2.35. The maximum Gasteiger partial charge on any atom is 0.259 e. The van der Waals surface area contributed by atoms with Crippen molar-refractivity contribution in [1.29, 1.82) is 0 Å². The predicted molar refractivity (Wildman–Crippen MR) is 84.0 cm³/mol. The molecule has 0 saturated carbocycles. The Kier molecular flexibility index (Phi) is 3.62. The lowest BCUT2D eigenvalue weighted by molar-refractivity contribution is 0.102. The molecule has 3 rings (SSSR count). The summed E-state index contributed by atoms with van der Waals surface area (Å²) in [6.07, 6.45) is 1.50. The quantitative estimate of drug-likeness (QED) is 0.747. The van der Waals surface area contributed by atoms with Gasteiger partial charge in [-0.05, 0) is 18.2 Å². The Bertz CT molecular complexity index is 851. The molecule has 0 aliphatic heterocycles. The number of anilines is 2. The Balaban J connectivity index is 2.05. The van der Waals surface area contributed by atoms with Gasteiger partial charge in [-0.1, -0.05) is 23.2 Å². The molecule has 0 saturated heterocycles. The molecule has 0 unspecified atom stereocenters. The number of carbonyl (C=O) groups is 1. The number of hydrogen-bond donors (Lipinski definition) is 2. The normalized spacial score (nSPS) is 10.8. The zero-order valence-corrected chi connectivity index (χ0v) is 12.6. The van der Waals surface area contributed by atoms with Crippen LogP contribution in [0.4, 0.5) is 11.5 Å². The fraction of sp³-hybridized carbons (Fsp3) is 0. The highest BCUT2D eigenvalue weighted by Gasteiger charge is 2.18. The number of nitrogen functional groups attached to an aromatic ring is 1. The SMILES string of the molecule is Nc1ncccc1C(=O)Nc1c(Cl)cc(Cl)c2nsnc12. The van der Waals surface area contributed by atoms with Crippen LogP contribution >= 0.6 is 34.9 Å². The molecule has 21 heavy (non-hydrogen) atoms. The molecule has 0 aliphatic rings. The highest BCUT2D eigenvalue weighted by atomic mass is 35.5. The molecule has 0 radical (unpaired) electrons. The van der Waals surface area contributed by atoms with Crippen LogP contribution in [0.5, 0.6) is 0 Å². The molecule has 1 amide bonds. The van der Waals surface area contributed by atoms with Crippen LogP contribution < -0.4 is 11.1 Å². The third-order valence-electron chi connectivity index (χ3n) is 2.77. The first-order chi connectivity index (χ1) is 10.1. The van der Waals surface area contributed by atoms with Crippen molar-refractivity contribution in [3.8, 4) is 0 Å². The lowest BCUT2D eigenvalue weighted by Gasteiger charge is -2.09. The number of nitrogens with one attached hydrogen (secondary N) is 1. The first-order valence-corrected chi connectivity index (χ1v) is 7.18. The van der Waals surface area contributed by atoms with Crippen molar-refractivity contribution in [3.05, 3.63) is 40.0 Å². The minimum atomic E-state index is -0.431. The fourth-order valence-electron chi connectivity index (χ4n) is 1.78. The average Bonchev–Trinajstić information content (AvgIpc) is 2.93. The number of fused-ring (bicyclic) bond motifs is 1. The van der Waals surface area contributed by atoms with Crippen molar-refractivity contribution in [2.75, 3.05) is 11.1 Å². The second-order valence-corrected chi connectivity index (χ2v) is 5.41. The molecule has 0 spiro atoms. The summed E-state index contributed by atoms with van der Waals surface area (Å²) >= 11 is 13.1. The van der Waals surface area contributed by atoms with Crippen molar-refractivity contribution in [1.82, 2.24) is 13.7 Å². The van der Waals surface area contributed by atoms with Crippen LogP contribution in [-0.4, -0.2) is 19.6 Å². The highest BCUT2D eigenvalue weighted by molar-refractivity contribution is 7.00. The molecular formula is C12H7Cl2N5OS. The Labute approximate surface area is 133 Å². The first kappa shape index (κ1) is 14.0. The molecule has 2 aromatic heterocycles. The van der Waals surface area contributed by atoms with Gasteiger partial charge in [-0.2, -0.15) is 8.75 Å². The van der Waals surface area contributed by atoms with E-state index in [-0.39, 0.29) is 16.4 Å². The van der Waals surface area contributed by atoms with Gasteiger partial charge in [0.1, 0.15) is 16.9 Å². The van der Waals surface area contributed by atoms with Crippen molar-refractivity contribution >= 4 is 63.4 Å². The van der Waals surface area contributed by atoms with Crippen LogP contribution in [-0.2, 0) is 0 Å². The Morgan fingerprint density at radius 2 is 2.00 bits per heavy atom. The molecule has 106 valence electrons. The first-order valence-electron chi connectivity index (χ1n) is 5.70. The molecule has 0 bridgehead atoms. The molecule has 6 nitrogen and oxygen atoms in total. The van der Waals surface area contributed by atoms with Gasteiger partial charge in [0.25, 0.3) is 5.91 Å². The Morgan fingerprint density at radius 1 is 1.24 bits per heavy atom. The van der Waals surface area contributed by atoms with Gasteiger partial charge in [0.15, 0.2) is 0 Å². The topological polar surface area (TPSA) is 93.8 Å². The number of aromatic nitrogens is 3. The van der Waals surface area contributed by atoms with Gasteiger partial charge in [-0.3, -0.25) is 4.79 Å². The summed E-state index contributed by atoms with van der Waals surface area (Å²) in [4.78, 5) is 16.1. The monoisotopic (exact) mass is 339 g/mol. The van der Waals surface area contributed by atoms with Crippen LogP contribution in [0.25, 0.3) is 11.0 Å². The van der Waals surface area contributed by atoms with E-state index in [4.69, 9.17) is 28.9 Å². The van der Waals surface area contributed by atoms with Gasteiger partial charge < -0.3 is 11.1 Å². The van der Waals surface area contributed by atoms with Gasteiger partial charge in [-0.25, -0.2) is 4.98 Å². The van der Waals surface area contributed by atoms with Crippen molar-refractivity contribution in [2.24, 2.45) is 0 Å². The summed E-state index contributed by atoms with van der Waals surface area (Å²) in [5, 5.41) is 3.33. The summed E-state index contributed by atoms with van der Waals surface area (Å²) in [6.45, 7) is 0. The number of rotatable bonds is 2. The largest absolute Gasteiger partial charge is 0.383 e. The summed E-state index contributed by atoms with van der Waals surface area (Å²) in [5.41, 5.74) is 7.20.